The number of halogens is 1. The molecule has 4 aromatic carbocycles. The average Bonchev–Trinajstić information content (AvgIpc) is 3.74. The van der Waals surface area contributed by atoms with Crippen molar-refractivity contribution in [3.63, 3.8) is 0 Å². The van der Waals surface area contributed by atoms with E-state index >= 15 is 0 Å². The van der Waals surface area contributed by atoms with E-state index in [4.69, 9.17) is 40.0 Å². The number of hydrogen-bond donors (Lipinski definition) is 0. The Morgan fingerprint density at radius 2 is 1.62 bits per heavy atom. The number of nitrogens with zero attached hydrogens (tertiary/aromatic N) is 1. The number of fused-ring (bicyclic) bond motifs is 5. The highest BCUT2D eigenvalue weighted by molar-refractivity contribution is 6.33. The average molecular weight is 628 g/mol. The highest BCUT2D eigenvalue weighted by Gasteiger charge is 2.58. The first-order valence-electron chi connectivity index (χ1n) is 15.1. The molecule has 0 N–H and O–H groups in total. The van der Waals surface area contributed by atoms with E-state index in [9.17, 15) is 4.79 Å². The van der Waals surface area contributed by atoms with Gasteiger partial charge in [0.05, 0.1) is 19.2 Å². The van der Waals surface area contributed by atoms with Crippen LogP contribution in [0.3, 0.4) is 0 Å². The van der Waals surface area contributed by atoms with Crippen molar-refractivity contribution in [1.29, 1.82) is 0 Å². The molecule has 4 aromatic rings. The summed E-state index contributed by atoms with van der Waals surface area (Å²) < 4.78 is 34.5. The standard InChI is InChI=1S/C36H34ClNO7/c1-4-5-6-12-38-30-9-7-8-27(34(30)36(35(38)39)20-43-31-18-33-32(17-28(31)36)44-21-45-33)26-11-10-23(16-29(26)37)42-19-22-13-24(40-2)15-25(14-22)41-3/h7-11,13-18H,4-6,12,19-21H2,1-3H3. The smallest absolute Gasteiger partial charge is 0.245 e. The Labute approximate surface area is 267 Å². The van der Waals surface area contributed by atoms with E-state index in [-0.39, 0.29) is 19.3 Å². The van der Waals surface area contributed by atoms with Crippen LogP contribution in [0.4, 0.5) is 5.69 Å². The second-order valence-electron chi connectivity index (χ2n) is 11.4. The minimum absolute atomic E-state index is 0.00321. The van der Waals surface area contributed by atoms with Crippen LogP contribution >= 0.6 is 11.6 Å². The molecular formula is C36H34ClNO7. The van der Waals surface area contributed by atoms with Gasteiger partial charge < -0.3 is 33.3 Å². The van der Waals surface area contributed by atoms with Gasteiger partial charge in [-0.15, -0.1) is 0 Å². The lowest BCUT2D eigenvalue weighted by Gasteiger charge is -2.24. The number of carbonyl (C=O) groups excluding carboxylic acids is 1. The highest BCUT2D eigenvalue weighted by Crippen LogP contribution is 2.57. The van der Waals surface area contributed by atoms with Crippen LogP contribution in [0.2, 0.25) is 5.02 Å². The van der Waals surface area contributed by atoms with Crippen LogP contribution in [0.15, 0.2) is 66.7 Å². The summed E-state index contributed by atoms with van der Waals surface area (Å²) >= 11 is 7.00. The van der Waals surface area contributed by atoms with Gasteiger partial charge in [0.1, 0.15) is 41.6 Å². The normalized spacial score (nSPS) is 17.3. The molecule has 0 saturated heterocycles. The summed E-state index contributed by atoms with van der Waals surface area (Å²) in [7, 11) is 3.23. The molecule has 1 atom stereocenters. The van der Waals surface area contributed by atoms with Crippen molar-refractivity contribution in [1.82, 2.24) is 0 Å². The van der Waals surface area contributed by atoms with Crippen LogP contribution in [0.5, 0.6) is 34.5 Å². The maximum absolute atomic E-state index is 14.6. The summed E-state index contributed by atoms with van der Waals surface area (Å²) in [5, 5.41) is 0.515. The van der Waals surface area contributed by atoms with Crippen molar-refractivity contribution >= 4 is 23.2 Å². The lowest BCUT2D eigenvalue weighted by Crippen LogP contribution is -2.43. The Morgan fingerprint density at radius 1 is 0.844 bits per heavy atom. The van der Waals surface area contributed by atoms with Gasteiger partial charge >= 0.3 is 0 Å². The zero-order valence-electron chi connectivity index (χ0n) is 25.5. The van der Waals surface area contributed by atoms with Gasteiger partial charge in [-0.1, -0.05) is 43.5 Å². The second-order valence-corrected chi connectivity index (χ2v) is 11.8. The SMILES string of the molecule is CCCCCN1C(=O)C2(COc3cc4c(cc32)OCO4)c2c(-c3ccc(OCc4cc(OC)cc(OC)c4)cc3Cl)cccc21. The third-order valence-electron chi connectivity index (χ3n) is 8.78. The summed E-state index contributed by atoms with van der Waals surface area (Å²) in [5.41, 5.74) is 4.10. The quantitative estimate of drug-likeness (QED) is 0.168. The van der Waals surface area contributed by atoms with E-state index in [2.05, 4.69) is 6.92 Å². The summed E-state index contributed by atoms with van der Waals surface area (Å²) in [6.45, 7) is 3.41. The third kappa shape index (κ3) is 4.88. The lowest BCUT2D eigenvalue weighted by molar-refractivity contribution is -0.122. The molecule has 7 rings (SSSR count). The molecule has 45 heavy (non-hydrogen) atoms. The molecule has 9 heteroatoms. The van der Waals surface area contributed by atoms with E-state index < -0.39 is 5.41 Å². The number of methoxy groups -OCH3 is 2. The molecule has 1 spiro atoms. The van der Waals surface area contributed by atoms with Gasteiger partial charge in [-0.05, 0) is 60.0 Å². The molecule has 0 fully saturated rings. The predicted molar refractivity (Wildman–Crippen MR) is 171 cm³/mol. The van der Waals surface area contributed by atoms with E-state index in [0.29, 0.717) is 52.7 Å². The number of benzene rings is 4. The van der Waals surface area contributed by atoms with Crippen LogP contribution < -0.4 is 33.3 Å². The van der Waals surface area contributed by atoms with Gasteiger partial charge in [-0.2, -0.15) is 0 Å². The molecule has 8 nitrogen and oxygen atoms in total. The molecule has 3 aliphatic rings. The fraction of sp³-hybridized carbons (Fsp3) is 0.306. The minimum atomic E-state index is -1.04. The predicted octanol–water partition coefficient (Wildman–Crippen LogP) is 7.55. The molecule has 0 radical (unpaired) electrons. The van der Waals surface area contributed by atoms with Crippen LogP contribution in [0, 0.1) is 0 Å². The monoisotopic (exact) mass is 627 g/mol. The van der Waals surface area contributed by atoms with Gasteiger partial charge in [0.25, 0.3) is 0 Å². The first-order chi connectivity index (χ1) is 22.0. The first kappa shape index (κ1) is 29.2. The molecule has 3 heterocycles. The Balaban J connectivity index is 1.28. The summed E-state index contributed by atoms with van der Waals surface area (Å²) in [4.78, 5) is 16.5. The Morgan fingerprint density at radius 3 is 2.36 bits per heavy atom. The Hall–Kier alpha value is -4.56. The van der Waals surface area contributed by atoms with Crippen LogP contribution in [0.1, 0.15) is 42.9 Å². The lowest BCUT2D eigenvalue weighted by atomic mass is 9.74. The van der Waals surface area contributed by atoms with Gasteiger partial charge in [0.15, 0.2) is 11.5 Å². The van der Waals surface area contributed by atoms with Crippen molar-refractivity contribution in [2.24, 2.45) is 0 Å². The zero-order chi connectivity index (χ0) is 31.1. The van der Waals surface area contributed by atoms with Crippen LogP contribution in [0.25, 0.3) is 11.1 Å². The van der Waals surface area contributed by atoms with Gasteiger partial charge in [0, 0.05) is 41.1 Å². The van der Waals surface area contributed by atoms with E-state index in [1.54, 1.807) is 14.2 Å². The zero-order valence-corrected chi connectivity index (χ0v) is 26.2. The Kier molecular flexibility index (Phi) is 7.61. The number of amides is 1. The van der Waals surface area contributed by atoms with Gasteiger partial charge in [0.2, 0.25) is 12.7 Å². The van der Waals surface area contributed by atoms with Gasteiger partial charge in [-0.25, -0.2) is 0 Å². The van der Waals surface area contributed by atoms with Crippen molar-refractivity contribution in [3.05, 3.63) is 88.4 Å². The molecule has 1 amide bonds. The summed E-state index contributed by atoms with van der Waals surface area (Å²) in [6, 6.07) is 21.1. The molecule has 0 aromatic heterocycles. The molecular weight excluding hydrogens is 594 g/mol. The number of hydrogen-bond acceptors (Lipinski definition) is 7. The van der Waals surface area contributed by atoms with Crippen molar-refractivity contribution in [2.45, 2.75) is 38.2 Å². The fourth-order valence-electron chi connectivity index (χ4n) is 6.57. The molecule has 0 saturated carbocycles. The van der Waals surface area contributed by atoms with Crippen molar-refractivity contribution in [2.75, 3.05) is 39.1 Å². The van der Waals surface area contributed by atoms with Crippen LogP contribution in [-0.2, 0) is 16.8 Å². The Bertz CT molecular complexity index is 1770. The van der Waals surface area contributed by atoms with E-state index in [1.165, 1.54) is 0 Å². The number of anilines is 1. The van der Waals surface area contributed by atoms with E-state index in [0.717, 1.165) is 52.8 Å². The van der Waals surface area contributed by atoms with Gasteiger partial charge in [-0.3, -0.25) is 4.79 Å². The minimum Gasteiger partial charge on any atom is -0.497 e. The maximum Gasteiger partial charge on any atom is 0.245 e. The van der Waals surface area contributed by atoms with E-state index in [1.807, 2.05) is 71.6 Å². The molecule has 0 aliphatic carbocycles. The molecule has 1 unspecified atom stereocenters. The van der Waals surface area contributed by atoms with Crippen molar-refractivity contribution < 1.29 is 33.2 Å². The third-order valence-corrected chi connectivity index (χ3v) is 9.09. The number of carbonyl (C=O) groups is 1. The van der Waals surface area contributed by atoms with Crippen LogP contribution in [-0.4, -0.2) is 40.1 Å². The number of ether oxygens (including phenoxy) is 6. The first-order valence-corrected chi connectivity index (χ1v) is 15.5. The number of rotatable bonds is 10. The molecule has 3 aliphatic heterocycles. The largest absolute Gasteiger partial charge is 0.497 e. The summed E-state index contributed by atoms with van der Waals surface area (Å²) in [5.74, 6) is 3.86. The maximum atomic E-state index is 14.6. The molecule has 232 valence electrons. The number of unbranched alkanes of at least 4 members (excludes halogenated alkanes) is 2. The fourth-order valence-corrected chi connectivity index (χ4v) is 6.84. The topological polar surface area (TPSA) is 75.7 Å². The molecule has 0 bridgehead atoms. The summed E-state index contributed by atoms with van der Waals surface area (Å²) in [6.07, 6.45) is 3.00. The second kappa shape index (κ2) is 11.7. The van der Waals surface area contributed by atoms with Crippen molar-refractivity contribution in [3.8, 4) is 45.6 Å². The highest BCUT2D eigenvalue weighted by atomic mass is 35.5.